The van der Waals surface area contributed by atoms with Crippen molar-refractivity contribution in [1.29, 1.82) is 5.41 Å². The highest BCUT2D eigenvalue weighted by Crippen LogP contribution is 1.77. The summed E-state index contributed by atoms with van der Waals surface area (Å²) in [6.45, 7) is 1.96. The van der Waals surface area contributed by atoms with E-state index in [1.807, 2.05) is 6.92 Å². The van der Waals surface area contributed by atoms with Gasteiger partial charge in [0.15, 0.2) is 0 Å². The first-order valence-corrected chi connectivity index (χ1v) is 2.59. The van der Waals surface area contributed by atoms with Crippen LogP contribution in [0.3, 0.4) is 0 Å². The van der Waals surface area contributed by atoms with E-state index in [4.69, 9.17) is 5.41 Å². The molecule has 0 heterocycles. The SMILES string of the molecule is CC/C(C=N)=N/NC. The zero-order chi connectivity index (χ0) is 6.41. The summed E-state index contributed by atoms with van der Waals surface area (Å²) in [6, 6.07) is 0. The van der Waals surface area contributed by atoms with Crippen LogP contribution in [-0.2, 0) is 0 Å². The van der Waals surface area contributed by atoms with Gasteiger partial charge in [0.25, 0.3) is 0 Å². The summed E-state index contributed by atoms with van der Waals surface area (Å²) >= 11 is 0. The Kier molecular flexibility index (Phi) is 3.84. The third-order valence-electron chi connectivity index (χ3n) is 0.784. The molecule has 0 aliphatic rings. The second-order valence-electron chi connectivity index (χ2n) is 1.32. The molecular formula is C5H11N3. The monoisotopic (exact) mass is 113 g/mol. The van der Waals surface area contributed by atoms with Crippen molar-refractivity contribution in [3.05, 3.63) is 0 Å². The smallest absolute Gasteiger partial charge is 0.0775 e. The van der Waals surface area contributed by atoms with Crippen molar-refractivity contribution >= 4 is 11.9 Å². The zero-order valence-corrected chi connectivity index (χ0v) is 5.23. The Bertz CT molecular complexity index is 95.8. The van der Waals surface area contributed by atoms with Crippen molar-refractivity contribution in [3.63, 3.8) is 0 Å². The van der Waals surface area contributed by atoms with Gasteiger partial charge in [-0.1, -0.05) is 6.92 Å². The number of nitrogens with one attached hydrogen (secondary N) is 2. The molecule has 3 heteroatoms. The lowest BCUT2D eigenvalue weighted by molar-refractivity contribution is 0.897. The number of hydrazone groups is 1. The van der Waals surface area contributed by atoms with E-state index in [0.717, 1.165) is 12.1 Å². The van der Waals surface area contributed by atoms with Gasteiger partial charge in [-0.25, -0.2) is 0 Å². The normalized spacial score (nSPS) is 11.0. The minimum Gasteiger partial charge on any atom is -0.313 e. The maximum absolute atomic E-state index is 6.77. The van der Waals surface area contributed by atoms with E-state index in [-0.39, 0.29) is 0 Å². The van der Waals surface area contributed by atoms with Crippen LogP contribution in [0, 0.1) is 5.41 Å². The molecule has 0 unspecified atom stereocenters. The lowest BCUT2D eigenvalue weighted by Gasteiger charge is -1.90. The van der Waals surface area contributed by atoms with Crippen LogP contribution < -0.4 is 5.43 Å². The molecule has 46 valence electrons. The second-order valence-corrected chi connectivity index (χ2v) is 1.32. The van der Waals surface area contributed by atoms with Crippen LogP contribution in [0.15, 0.2) is 5.10 Å². The number of hydrogen-bond donors (Lipinski definition) is 2. The summed E-state index contributed by atoms with van der Waals surface area (Å²) < 4.78 is 0. The Morgan fingerprint density at radius 3 is 2.62 bits per heavy atom. The van der Waals surface area contributed by atoms with Gasteiger partial charge in [-0.15, -0.1) is 0 Å². The summed E-state index contributed by atoms with van der Waals surface area (Å²) in [7, 11) is 1.72. The van der Waals surface area contributed by atoms with Crippen LogP contribution >= 0.6 is 0 Å². The Labute approximate surface area is 49.3 Å². The van der Waals surface area contributed by atoms with Crippen LogP contribution in [0.25, 0.3) is 0 Å². The van der Waals surface area contributed by atoms with Gasteiger partial charge in [0.05, 0.1) is 5.71 Å². The number of hydrogen-bond acceptors (Lipinski definition) is 3. The Balaban J connectivity index is 3.66. The summed E-state index contributed by atoms with van der Waals surface area (Å²) in [5.41, 5.74) is 3.38. The third kappa shape index (κ3) is 2.34. The predicted molar refractivity (Wildman–Crippen MR) is 35.6 cm³/mol. The van der Waals surface area contributed by atoms with Crippen LogP contribution in [-0.4, -0.2) is 19.0 Å². The largest absolute Gasteiger partial charge is 0.313 e. The molecule has 0 aromatic heterocycles. The molecule has 0 amide bonds. The number of nitrogens with zero attached hydrogens (tertiary/aromatic N) is 1. The number of rotatable bonds is 3. The van der Waals surface area contributed by atoms with E-state index in [2.05, 4.69) is 10.5 Å². The summed E-state index contributed by atoms with van der Waals surface area (Å²) in [4.78, 5) is 0. The minimum absolute atomic E-state index is 0.771. The van der Waals surface area contributed by atoms with Gasteiger partial charge < -0.3 is 10.8 Å². The molecule has 3 nitrogen and oxygen atoms in total. The maximum Gasteiger partial charge on any atom is 0.0775 e. The molecule has 0 aromatic rings. The quantitative estimate of drug-likeness (QED) is 0.409. The first-order valence-electron chi connectivity index (χ1n) is 2.59. The molecule has 0 aliphatic heterocycles. The van der Waals surface area contributed by atoms with Crippen molar-refractivity contribution in [2.75, 3.05) is 7.05 Å². The summed E-state index contributed by atoms with van der Waals surface area (Å²) in [5.74, 6) is 0. The molecule has 0 atom stereocenters. The maximum atomic E-state index is 6.77. The molecule has 0 saturated carbocycles. The molecule has 0 aliphatic carbocycles. The van der Waals surface area contributed by atoms with Crippen molar-refractivity contribution in [3.8, 4) is 0 Å². The molecule has 0 aromatic carbocycles. The molecular weight excluding hydrogens is 102 g/mol. The summed E-state index contributed by atoms with van der Waals surface area (Å²) in [6.07, 6.45) is 2.06. The fraction of sp³-hybridized carbons (Fsp3) is 0.600. The Morgan fingerprint density at radius 2 is 2.50 bits per heavy atom. The second kappa shape index (κ2) is 4.30. The first-order chi connectivity index (χ1) is 3.85. The Hall–Kier alpha value is -0.860. The molecule has 0 spiro atoms. The average Bonchev–Trinajstić information content (AvgIpc) is 1.83. The van der Waals surface area contributed by atoms with Crippen LogP contribution in [0.2, 0.25) is 0 Å². The molecule has 2 N–H and O–H groups in total. The van der Waals surface area contributed by atoms with Crippen molar-refractivity contribution < 1.29 is 0 Å². The van der Waals surface area contributed by atoms with E-state index in [0.29, 0.717) is 0 Å². The van der Waals surface area contributed by atoms with Gasteiger partial charge in [-0.2, -0.15) is 5.10 Å². The average molecular weight is 113 g/mol. The molecule has 0 radical (unpaired) electrons. The van der Waals surface area contributed by atoms with Crippen LogP contribution in [0.1, 0.15) is 13.3 Å². The minimum atomic E-state index is 0.771. The fourth-order valence-corrected chi connectivity index (χ4v) is 0.357. The lowest BCUT2D eigenvalue weighted by atomic mass is 10.3. The highest BCUT2D eigenvalue weighted by atomic mass is 15.3. The molecule has 8 heavy (non-hydrogen) atoms. The van der Waals surface area contributed by atoms with E-state index in [9.17, 15) is 0 Å². The predicted octanol–water partition coefficient (Wildman–Crippen LogP) is 0.621. The summed E-state index contributed by atoms with van der Waals surface area (Å²) in [5, 5.41) is 10.6. The zero-order valence-electron chi connectivity index (χ0n) is 5.23. The van der Waals surface area contributed by atoms with Gasteiger partial charge >= 0.3 is 0 Å². The van der Waals surface area contributed by atoms with Crippen LogP contribution in [0.5, 0.6) is 0 Å². The van der Waals surface area contributed by atoms with Gasteiger partial charge in [0.2, 0.25) is 0 Å². The first kappa shape index (κ1) is 7.14. The Morgan fingerprint density at radius 1 is 1.88 bits per heavy atom. The van der Waals surface area contributed by atoms with Crippen molar-refractivity contribution in [2.45, 2.75) is 13.3 Å². The third-order valence-corrected chi connectivity index (χ3v) is 0.784. The van der Waals surface area contributed by atoms with E-state index >= 15 is 0 Å². The van der Waals surface area contributed by atoms with Crippen LogP contribution in [0.4, 0.5) is 0 Å². The molecule has 0 bridgehead atoms. The van der Waals surface area contributed by atoms with Gasteiger partial charge in [-0.05, 0) is 6.42 Å². The van der Waals surface area contributed by atoms with E-state index in [1.165, 1.54) is 6.21 Å². The topological polar surface area (TPSA) is 48.2 Å². The van der Waals surface area contributed by atoms with Crippen molar-refractivity contribution in [2.24, 2.45) is 5.10 Å². The molecule has 0 fully saturated rings. The highest BCUT2D eigenvalue weighted by molar-refractivity contribution is 6.29. The lowest BCUT2D eigenvalue weighted by Crippen LogP contribution is -2.04. The van der Waals surface area contributed by atoms with E-state index in [1.54, 1.807) is 7.05 Å². The van der Waals surface area contributed by atoms with Gasteiger partial charge in [-0.3, -0.25) is 0 Å². The van der Waals surface area contributed by atoms with Crippen molar-refractivity contribution in [1.82, 2.24) is 5.43 Å². The molecule has 0 rings (SSSR count). The standard InChI is InChI=1S/C5H11N3/c1-3-5(4-6)8-7-2/h4,6-7H,3H2,1-2H3/b6-4?,8-5-. The fourth-order valence-electron chi connectivity index (χ4n) is 0.357. The molecule has 0 saturated heterocycles. The van der Waals surface area contributed by atoms with Gasteiger partial charge in [0, 0.05) is 13.3 Å². The van der Waals surface area contributed by atoms with Gasteiger partial charge in [0.1, 0.15) is 0 Å². The highest BCUT2D eigenvalue weighted by Gasteiger charge is 1.84. The van der Waals surface area contributed by atoms with E-state index < -0.39 is 0 Å².